The molecule has 43 heavy (non-hydrogen) atoms. The predicted molar refractivity (Wildman–Crippen MR) is 166 cm³/mol. The van der Waals surface area contributed by atoms with Crippen molar-refractivity contribution in [2.45, 2.75) is 77.0 Å². The Bertz CT molecular complexity index is 1320. The highest BCUT2D eigenvalue weighted by atomic mass is 32.2. The van der Waals surface area contributed by atoms with Crippen LogP contribution < -0.4 is 4.72 Å². The summed E-state index contributed by atoms with van der Waals surface area (Å²) in [6.07, 6.45) is 3.87. The van der Waals surface area contributed by atoms with Gasteiger partial charge in [0, 0.05) is 38.6 Å². The van der Waals surface area contributed by atoms with Crippen molar-refractivity contribution in [2.24, 2.45) is 17.8 Å². The molecule has 0 saturated carbocycles. The topological polar surface area (TPSA) is 133 Å². The van der Waals surface area contributed by atoms with Gasteiger partial charge in [-0.3, -0.25) is 9.59 Å². The van der Waals surface area contributed by atoms with E-state index in [2.05, 4.69) is 9.62 Å². The Morgan fingerprint density at radius 3 is 2.42 bits per heavy atom. The van der Waals surface area contributed by atoms with E-state index in [1.807, 2.05) is 27.0 Å². The molecule has 0 bridgehead atoms. The van der Waals surface area contributed by atoms with Gasteiger partial charge in [-0.15, -0.1) is 0 Å². The number of aliphatic hydroxyl groups excluding tert-OH is 1. The van der Waals surface area contributed by atoms with Crippen molar-refractivity contribution < 1.29 is 32.6 Å². The summed E-state index contributed by atoms with van der Waals surface area (Å²) >= 11 is 0. The van der Waals surface area contributed by atoms with E-state index in [-0.39, 0.29) is 29.7 Å². The molecule has 1 aliphatic heterocycles. The number of piperazine rings is 1. The highest BCUT2D eigenvalue weighted by Crippen LogP contribution is 2.29. The lowest BCUT2D eigenvalue weighted by Crippen LogP contribution is -2.48. The molecule has 10 nitrogen and oxygen atoms in total. The van der Waals surface area contributed by atoms with Gasteiger partial charge in [-0.25, -0.2) is 17.9 Å². The first-order chi connectivity index (χ1) is 20.2. The van der Waals surface area contributed by atoms with Crippen LogP contribution in [0.25, 0.3) is 6.08 Å². The number of hydrogen-bond acceptors (Lipinski definition) is 8. The van der Waals surface area contributed by atoms with Crippen molar-refractivity contribution in [3.8, 4) is 0 Å². The zero-order valence-electron chi connectivity index (χ0n) is 26.2. The number of sulfonamides is 1. The number of Topliss-reactive ketones (excluding diaryl/α,β-unsaturated/α-hetero) is 2. The van der Waals surface area contributed by atoms with Gasteiger partial charge in [-0.05, 0) is 76.3 Å². The molecule has 3 rings (SSSR count). The van der Waals surface area contributed by atoms with Crippen LogP contribution in [0.2, 0.25) is 0 Å². The monoisotopic (exact) mass is 617 g/mol. The maximum absolute atomic E-state index is 13.5. The Labute approximate surface area is 256 Å². The van der Waals surface area contributed by atoms with Crippen LogP contribution in [0.15, 0.2) is 46.9 Å². The van der Waals surface area contributed by atoms with Gasteiger partial charge in [-0.2, -0.15) is 0 Å². The first kappa shape index (κ1) is 34.6. The molecule has 1 saturated heterocycles. The fourth-order valence-electron chi connectivity index (χ4n) is 5.49. The van der Waals surface area contributed by atoms with Gasteiger partial charge >= 0.3 is 6.09 Å². The minimum Gasteiger partial charge on any atom is -0.442 e. The molecule has 1 aliphatic carbocycles. The molecule has 5 atom stereocenters. The van der Waals surface area contributed by atoms with Gasteiger partial charge < -0.3 is 19.6 Å². The molecule has 2 aliphatic rings. The molecule has 0 radical (unpaired) electrons. The minimum atomic E-state index is -3.73. The van der Waals surface area contributed by atoms with E-state index in [4.69, 9.17) is 4.74 Å². The molecule has 1 amide bonds. The number of ketones is 2. The summed E-state index contributed by atoms with van der Waals surface area (Å²) in [6, 6.07) is 6.11. The number of rotatable bonds is 6. The number of carbonyl (C=O) groups is 3. The second-order valence-electron chi connectivity index (χ2n) is 12.3. The fraction of sp³-hybridized carbons (Fsp3) is 0.594. The number of aliphatic hydroxyl groups is 1. The van der Waals surface area contributed by atoms with Crippen LogP contribution in [0.5, 0.6) is 0 Å². The highest BCUT2D eigenvalue weighted by Gasteiger charge is 2.33. The fourth-order valence-corrected chi connectivity index (χ4v) is 6.80. The van der Waals surface area contributed by atoms with Crippen molar-refractivity contribution in [2.75, 3.05) is 33.2 Å². The van der Waals surface area contributed by atoms with Crippen molar-refractivity contribution in [3.63, 3.8) is 0 Å². The second kappa shape index (κ2) is 15.2. The molecule has 1 aromatic rings. The molecule has 0 spiro atoms. The SMILES string of the molecule is C/C(=C\c1cccc(S(=O)(=O)NC(C)C)c1)[C@H]1C(=O)C(=O)C[C@@H](O)CC[C@@H](C)[C@@H](OC(=O)N2CCN(C)CC2)/C=C/[C@@H]1C. The molecule has 1 heterocycles. The lowest BCUT2D eigenvalue weighted by atomic mass is 9.80. The summed E-state index contributed by atoms with van der Waals surface area (Å²) in [7, 11) is -1.72. The Balaban J connectivity index is 1.92. The van der Waals surface area contributed by atoms with Crippen LogP contribution in [0, 0.1) is 17.8 Å². The molecule has 0 aromatic heterocycles. The van der Waals surface area contributed by atoms with Crippen molar-refractivity contribution in [1.82, 2.24) is 14.5 Å². The first-order valence-corrected chi connectivity index (χ1v) is 16.5. The van der Waals surface area contributed by atoms with Crippen molar-refractivity contribution >= 4 is 33.8 Å². The van der Waals surface area contributed by atoms with Crippen LogP contribution in [-0.4, -0.2) is 92.5 Å². The standard InChI is InChI=1S/C32H47N3O7S/c1-21(2)33-43(40,41)27-9-7-8-25(19-27)18-24(5)30-23(4)11-13-29(42-32(39)35-16-14-34(6)15-17-35)22(3)10-12-26(36)20-28(37)31(30)38/h7-9,11,13,18-19,21-23,26,29-30,33,36H,10,12,14-17,20H2,1-6H3/b13-11+,24-18+/t22-,23+,26+,29+,30+/m1/s1. The number of nitrogens with one attached hydrogen (secondary N) is 1. The summed E-state index contributed by atoms with van der Waals surface area (Å²) < 4.78 is 34.0. The van der Waals surface area contributed by atoms with E-state index in [9.17, 15) is 27.9 Å². The maximum Gasteiger partial charge on any atom is 0.410 e. The average molecular weight is 618 g/mol. The lowest BCUT2D eigenvalue weighted by Gasteiger charge is -2.33. The third-order valence-corrected chi connectivity index (χ3v) is 9.72. The zero-order chi connectivity index (χ0) is 31.9. The van der Waals surface area contributed by atoms with Gasteiger partial charge in [0.1, 0.15) is 6.10 Å². The number of benzene rings is 1. The zero-order valence-corrected chi connectivity index (χ0v) is 27.0. The van der Waals surface area contributed by atoms with Crippen LogP contribution in [0.3, 0.4) is 0 Å². The maximum atomic E-state index is 13.5. The quantitative estimate of drug-likeness (QED) is 0.365. The smallest absolute Gasteiger partial charge is 0.410 e. The number of carbonyl (C=O) groups excluding carboxylic acids is 3. The third kappa shape index (κ3) is 9.82. The van der Waals surface area contributed by atoms with E-state index in [0.717, 1.165) is 13.1 Å². The summed E-state index contributed by atoms with van der Waals surface area (Å²) in [5.74, 6) is -2.69. The lowest BCUT2D eigenvalue weighted by molar-refractivity contribution is -0.140. The number of amides is 1. The van der Waals surface area contributed by atoms with E-state index in [0.29, 0.717) is 30.6 Å². The van der Waals surface area contributed by atoms with Crippen LogP contribution >= 0.6 is 0 Å². The Morgan fingerprint density at radius 1 is 1.09 bits per heavy atom. The predicted octanol–water partition coefficient (Wildman–Crippen LogP) is 3.66. The summed E-state index contributed by atoms with van der Waals surface area (Å²) in [5.41, 5.74) is 1.15. The van der Waals surface area contributed by atoms with Gasteiger partial charge in [0.25, 0.3) is 0 Å². The van der Waals surface area contributed by atoms with Crippen LogP contribution in [0.1, 0.15) is 59.4 Å². The average Bonchev–Trinajstić information content (AvgIpc) is 2.93. The van der Waals surface area contributed by atoms with Gasteiger partial charge in [-0.1, -0.05) is 43.7 Å². The molecule has 0 unspecified atom stereocenters. The second-order valence-corrected chi connectivity index (χ2v) is 14.0. The summed E-state index contributed by atoms with van der Waals surface area (Å²) in [6.45, 7) is 11.7. The Hall–Kier alpha value is -2.86. The van der Waals surface area contributed by atoms with Gasteiger partial charge in [0.2, 0.25) is 21.6 Å². The molecule has 2 N–H and O–H groups in total. The van der Waals surface area contributed by atoms with Crippen LogP contribution in [0.4, 0.5) is 4.79 Å². The first-order valence-electron chi connectivity index (χ1n) is 15.1. The number of allylic oxidation sites excluding steroid dienone is 2. The largest absolute Gasteiger partial charge is 0.442 e. The van der Waals surface area contributed by atoms with E-state index < -0.39 is 51.7 Å². The molecular formula is C32H47N3O7S. The Kier molecular flexibility index (Phi) is 12.3. The number of ether oxygens (including phenoxy) is 1. The highest BCUT2D eigenvalue weighted by molar-refractivity contribution is 7.89. The normalized spacial score (nSPS) is 27.9. The molecular weight excluding hydrogens is 570 g/mol. The third-order valence-electron chi connectivity index (χ3n) is 8.07. The number of hydrogen-bond donors (Lipinski definition) is 2. The van der Waals surface area contributed by atoms with E-state index in [1.165, 1.54) is 12.1 Å². The Morgan fingerprint density at radius 2 is 1.77 bits per heavy atom. The molecule has 11 heteroatoms. The number of likely N-dealkylation sites (N-methyl/N-ethyl adjacent to an activating group) is 1. The van der Waals surface area contributed by atoms with Crippen LogP contribution in [-0.2, 0) is 24.3 Å². The summed E-state index contributed by atoms with van der Waals surface area (Å²) in [5, 5.41) is 10.6. The molecule has 1 fully saturated rings. The van der Waals surface area contributed by atoms with Gasteiger partial charge in [0.15, 0.2) is 0 Å². The molecule has 1 aromatic carbocycles. The van der Waals surface area contributed by atoms with Gasteiger partial charge in [0.05, 0.1) is 16.9 Å². The van der Waals surface area contributed by atoms with E-state index in [1.54, 1.807) is 50.0 Å². The van der Waals surface area contributed by atoms with Crippen molar-refractivity contribution in [1.29, 1.82) is 0 Å². The summed E-state index contributed by atoms with van der Waals surface area (Å²) in [4.78, 5) is 43.5. The molecule has 238 valence electrons. The number of nitrogens with zero attached hydrogens (tertiary/aromatic N) is 2. The minimum absolute atomic E-state index is 0.0962. The van der Waals surface area contributed by atoms with Crippen molar-refractivity contribution in [3.05, 3.63) is 47.6 Å². The van der Waals surface area contributed by atoms with E-state index >= 15 is 0 Å².